The minimum absolute atomic E-state index is 0.0324. The Labute approximate surface area is 132 Å². The summed E-state index contributed by atoms with van der Waals surface area (Å²) in [5, 5.41) is 2.93. The summed E-state index contributed by atoms with van der Waals surface area (Å²) in [5.41, 5.74) is -0.163. The molecule has 1 saturated heterocycles. The van der Waals surface area contributed by atoms with Crippen LogP contribution in [0.2, 0.25) is 0 Å². The second-order valence-electron chi connectivity index (χ2n) is 5.27. The summed E-state index contributed by atoms with van der Waals surface area (Å²) in [5.74, 6) is -0.0324. The minimum atomic E-state index is -4.35. The molecule has 1 heterocycles. The molecule has 0 unspecified atom stereocenters. The predicted molar refractivity (Wildman–Crippen MR) is 78.8 cm³/mol. The average Bonchev–Trinajstić information content (AvgIpc) is 2.54. The fourth-order valence-electron chi connectivity index (χ4n) is 2.33. The van der Waals surface area contributed by atoms with Gasteiger partial charge in [0.2, 0.25) is 12.3 Å². The molecule has 1 aromatic carbocycles. The van der Waals surface area contributed by atoms with Gasteiger partial charge < -0.3 is 15.1 Å². The maximum Gasteiger partial charge on any atom is 0.416 e. The Morgan fingerprint density at radius 3 is 2.26 bits per heavy atom. The number of nitrogens with zero attached hydrogens (tertiary/aromatic N) is 2. The third kappa shape index (κ3) is 4.87. The Hall–Kier alpha value is -2.25. The zero-order chi connectivity index (χ0) is 16.9. The molecule has 0 aromatic heterocycles. The highest BCUT2D eigenvalue weighted by Crippen LogP contribution is 2.29. The quantitative estimate of drug-likeness (QED) is 0.838. The maximum atomic E-state index is 12.4. The zero-order valence-corrected chi connectivity index (χ0v) is 12.5. The lowest BCUT2D eigenvalue weighted by Crippen LogP contribution is -2.48. The molecule has 1 fully saturated rings. The second-order valence-corrected chi connectivity index (χ2v) is 5.27. The van der Waals surface area contributed by atoms with Gasteiger partial charge in [-0.05, 0) is 24.3 Å². The van der Waals surface area contributed by atoms with Crippen LogP contribution in [0, 0.1) is 0 Å². The summed E-state index contributed by atoms with van der Waals surface area (Å²) in [4.78, 5) is 25.9. The van der Waals surface area contributed by atoms with E-state index in [9.17, 15) is 22.8 Å². The highest BCUT2D eigenvalue weighted by atomic mass is 19.4. The number of hydrogen-bond donors (Lipinski definition) is 1. The van der Waals surface area contributed by atoms with Crippen molar-refractivity contribution >= 4 is 18.0 Å². The molecule has 0 aliphatic carbocycles. The molecule has 0 atom stereocenters. The first-order valence-corrected chi connectivity index (χ1v) is 7.28. The number of carbonyl (C=O) groups is 2. The average molecular weight is 329 g/mol. The van der Waals surface area contributed by atoms with Crippen molar-refractivity contribution in [2.75, 3.05) is 38.0 Å². The minimum Gasteiger partial charge on any atom is -0.385 e. The van der Waals surface area contributed by atoms with Crippen molar-refractivity contribution < 1.29 is 22.8 Å². The van der Waals surface area contributed by atoms with Crippen molar-refractivity contribution in [3.8, 4) is 0 Å². The van der Waals surface area contributed by atoms with Crippen molar-refractivity contribution in [2.45, 2.75) is 12.6 Å². The summed E-state index contributed by atoms with van der Waals surface area (Å²) < 4.78 is 37.3. The first-order chi connectivity index (χ1) is 10.9. The van der Waals surface area contributed by atoms with Gasteiger partial charge in [-0.3, -0.25) is 9.59 Å². The van der Waals surface area contributed by atoms with Crippen molar-refractivity contribution in [2.24, 2.45) is 0 Å². The van der Waals surface area contributed by atoms with Crippen LogP contribution in [-0.4, -0.2) is 54.8 Å². The smallest absolute Gasteiger partial charge is 0.385 e. The van der Waals surface area contributed by atoms with E-state index in [0.717, 1.165) is 18.5 Å². The summed E-state index contributed by atoms with van der Waals surface area (Å²) in [6.07, 6.45) is -3.33. The largest absolute Gasteiger partial charge is 0.416 e. The topological polar surface area (TPSA) is 52.7 Å². The number of halogens is 3. The number of rotatable bonds is 5. The molecule has 0 saturated carbocycles. The summed E-state index contributed by atoms with van der Waals surface area (Å²) in [6.45, 7) is 2.43. The Balaban J connectivity index is 1.74. The van der Waals surface area contributed by atoms with E-state index in [2.05, 4.69) is 5.32 Å². The highest BCUT2D eigenvalue weighted by Gasteiger charge is 2.29. The van der Waals surface area contributed by atoms with E-state index >= 15 is 0 Å². The van der Waals surface area contributed by atoms with Gasteiger partial charge in [-0.2, -0.15) is 13.2 Å². The summed E-state index contributed by atoms with van der Waals surface area (Å²) >= 11 is 0. The van der Waals surface area contributed by atoms with Gasteiger partial charge >= 0.3 is 6.18 Å². The second kappa shape index (κ2) is 7.34. The Bertz CT molecular complexity index is 538. The van der Waals surface area contributed by atoms with Crippen LogP contribution in [0.5, 0.6) is 0 Å². The summed E-state index contributed by atoms with van der Waals surface area (Å²) in [7, 11) is 0. The van der Waals surface area contributed by atoms with E-state index in [1.54, 1.807) is 9.80 Å². The normalized spacial score (nSPS) is 15.4. The van der Waals surface area contributed by atoms with Crippen molar-refractivity contribution in [1.82, 2.24) is 9.80 Å². The molecular weight excluding hydrogens is 311 g/mol. The van der Waals surface area contributed by atoms with Gasteiger partial charge in [0.15, 0.2) is 0 Å². The van der Waals surface area contributed by atoms with Crippen LogP contribution in [-0.2, 0) is 15.8 Å². The van der Waals surface area contributed by atoms with Gasteiger partial charge in [0.1, 0.15) is 0 Å². The number of hydrogen-bond acceptors (Lipinski definition) is 3. The van der Waals surface area contributed by atoms with Crippen LogP contribution in [0.3, 0.4) is 0 Å². The lowest BCUT2D eigenvalue weighted by Gasteiger charge is -2.32. The molecule has 2 rings (SSSR count). The molecule has 1 aliphatic rings. The van der Waals surface area contributed by atoms with Crippen molar-refractivity contribution in [3.63, 3.8) is 0 Å². The number of carbonyl (C=O) groups excluding carboxylic acids is 2. The van der Waals surface area contributed by atoms with E-state index < -0.39 is 11.7 Å². The van der Waals surface area contributed by atoms with Gasteiger partial charge in [0, 0.05) is 44.8 Å². The molecule has 5 nitrogen and oxygen atoms in total. The molecule has 1 aliphatic heterocycles. The number of piperazine rings is 1. The molecule has 0 radical (unpaired) electrons. The number of anilines is 1. The number of nitrogens with one attached hydrogen (secondary N) is 1. The van der Waals surface area contributed by atoms with E-state index in [0.29, 0.717) is 38.4 Å². The van der Waals surface area contributed by atoms with E-state index in [1.165, 1.54) is 12.1 Å². The monoisotopic (exact) mass is 329 g/mol. The highest BCUT2D eigenvalue weighted by molar-refractivity contribution is 5.77. The maximum absolute atomic E-state index is 12.4. The van der Waals surface area contributed by atoms with E-state index in [-0.39, 0.29) is 12.3 Å². The first-order valence-electron chi connectivity index (χ1n) is 7.28. The molecule has 1 aromatic rings. The SMILES string of the molecule is O=CN1CCN(C(=O)CCNc2ccc(C(F)(F)F)cc2)CC1. The Morgan fingerprint density at radius 1 is 1.13 bits per heavy atom. The predicted octanol–water partition coefficient (Wildman–Crippen LogP) is 1.81. The van der Waals surface area contributed by atoms with Crippen LogP contribution in [0.25, 0.3) is 0 Å². The number of amides is 2. The van der Waals surface area contributed by atoms with Crippen molar-refractivity contribution in [1.29, 1.82) is 0 Å². The third-order valence-corrected chi connectivity index (χ3v) is 3.70. The summed E-state index contributed by atoms with van der Waals surface area (Å²) in [6, 6.07) is 4.69. The van der Waals surface area contributed by atoms with E-state index in [4.69, 9.17) is 0 Å². The first kappa shape index (κ1) is 17.1. The molecule has 2 amide bonds. The number of alkyl halides is 3. The lowest BCUT2D eigenvalue weighted by atomic mass is 10.2. The van der Waals surface area contributed by atoms with Crippen LogP contribution < -0.4 is 5.32 Å². The van der Waals surface area contributed by atoms with Gasteiger partial charge in [0.25, 0.3) is 0 Å². The Kier molecular flexibility index (Phi) is 5.46. The number of benzene rings is 1. The molecule has 8 heteroatoms. The van der Waals surface area contributed by atoms with Gasteiger partial charge in [-0.25, -0.2) is 0 Å². The lowest BCUT2D eigenvalue weighted by molar-refractivity contribution is -0.137. The van der Waals surface area contributed by atoms with Gasteiger partial charge in [0.05, 0.1) is 5.56 Å². The standard InChI is InChI=1S/C15H18F3N3O2/c16-15(17,18)12-1-3-13(4-2-12)19-6-5-14(23)21-9-7-20(11-22)8-10-21/h1-4,11,19H,5-10H2. The molecule has 0 spiro atoms. The molecule has 0 bridgehead atoms. The molecule has 23 heavy (non-hydrogen) atoms. The molecular formula is C15H18F3N3O2. The van der Waals surface area contributed by atoms with Crippen LogP contribution in [0.1, 0.15) is 12.0 Å². The van der Waals surface area contributed by atoms with Crippen molar-refractivity contribution in [3.05, 3.63) is 29.8 Å². The third-order valence-electron chi connectivity index (χ3n) is 3.70. The van der Waals surface area contributed by atoms with Crippen LogP contribution >= 0.6 is 0 Å². The van der Waals surface area contributed by atoms with Gasteiger partial charge in [-0.1, -0.05) is 0 Å². The molecule has 1 N–H and O–H groups in total. The van der Waals surface area contributed by atoms with Crippen LogP contribution in [0.15, 0.2) is 24.3 Å². The van der Waals surface area contributed by atoms with Gasteiger partial charge in [-0.15, -0.1) is 0 Å². The fourth-order valence-corrected chi connectivity index (χ4v) is 2.33. The Morgan fingerprint density at radius 2 is 1.74 bits per heavy atom. The molecule has 126 valence electrons. The fraction of sp³-hybridized carbons (Fsp3) is 0.467. The van der Waals surface area contributed by atoms with Crippen LogP contribution in [0.4, 0.5) is 18.9 Å². The zero-order valence-electron chi connectivity index (χ0n) is 12.5. The van der Waals surface area contributed by atoms with E-state index in [1.807, 2.05) is 0 Å².